The molecule has 1 aliphatic rings. The molecule has 0 aromatic heterocycles. The molecule has 0 saturated heterocycles. The molecule has 1 rings (SSSR count). The number of rotatable bonds is 17. The van der Waals surface area contributed by atoms with Gasteiger partial charge in [0.2, 0.25) is 17.7 Å². The number of imide groups is 1. The third-order valence-corrected chi connectivity index (χ3v) is 5.38. The van der Waals surface area contributed by atoms with Crippen molar-refractivity contribution >= 4 is 49.1 Å². The molecule has 0 saturated carbocycles. The van der Waals surface area contributed by atoms with E-state index in [1.54, 1.807) is 0 Å². The number of nitrogens with two attached hydrogens (primary N) is 1. The molecule has 204 valence electrons. The smallest absolute Gasteiger partial charge is 0.312 e. The number of aliphatic hydroxyl groups is 1. The molecule has 0 spiro atoms. The Morgan fingerprint density at radius 1 is 0.973 bits per heavy atom. The van der Waals surface area contributed by atoms with Crippen LogP contribution in [-0.2, 0) is 28.8 Å². The van der Waals surface area contributed by atoms with Crippen LogP contribution in [0.25, 0.3) is 0 Å². The minimum atomic E-state index is -1.34. The first-order valence-electron chi connectivity index (χ1n) is 12.0. The zero-order valence-corrected chi connectivity index (χ0v) is 21.1. The van der Waals surface area contributed by atoms with Crippen molar-refractivity contribution in [2.75, 3.05) is 19.6 Å². The summed E-state index contributed by atoms with van der Waals surface area (Å²) in [6.45, 7) is 1.46. The predicted octanol–water partition coefficient (Wildman–Crippen LogP) is -3.45. The van der Waals surface area contributed by atoms with Gasteiger partial charge in [-0.2, -0.15) is 0 Å². The lowest BCUT2D eigenvalue weighted by molar-refractivity contribution is -0.137. The number of nitrogens with zero attached hydrogens (tertiary/aromatic N) is 1. The minimum absolute atomic E-state index is 0.0396. The Morgan fingerprint density at radius 2 is 1.62 bits per heavy atom. The molecule has 0 aromatic carbocycles. The summed E-state index contributed by atoms with van der Waals surface area (Å²) < 4.78 is 0. The second-order valence-electron chi connectivity index (χ2n) is 8.67. The van der Waals surface area contributed by atoms with E-state index < -0.39 is 41.9 Å². The van der Waals surface area contributed by atoms with Crippen LogP contribution in [0.3, 0.4) is 0 Å². The predicted molar refractivity (Wildman–Crippen MR) is 133 cm³/mol. The SMILES string of the molecule is BC(=O)CNC(=O)[C@H](CCCNC(N)=O)NC(=O)C(NC(=O)CCCCCN1C(=O)C=CC1=O)C(C)O. The van der Waals surface area contributed by atoms with Crippen molar-refractivity contribution < 1.29 is 38.7 Å². The molecule has 7 N–H and O–H groups in total. The molecule has 2 unspecified atom stereocenters. The Kier molecular flexibility index (Phi) is 13.6. The van der Waals surface area contributed by atoms with Crippen LogP contribution in [0.2, 0.25) is 0 Å². The van der Waals surface area contributed by atoms with E-state index in [0.29, 0.717) is 19.3 Å². The highest BCUT2D eigenvalue weighted by Crippen LogP contribution is 2.08. The van der Waals surface area contributed by atoms with E-state index in [0.717, 1.165) is 4.90 Å². The standard InChI is InChI=1S/C22H35BN6O8/c1-13(30)19(28-16(32)7-3-2-4-11-29-17(33)8-9-18(29)34)21(36)27-14(6-5-10-25-22(24)37)20(35)26-12-15(23)31/h8-9,13-14,19,30H,2-7,10-12,23H2,1H3,(H,26,35)(H,27,36)(H,28,32)(H3,24,25,37)/t13?,14-,19?/m0/s1. The van der Waals surface area contributed by atoms with Crippen LogP contribution < -0.4 is 27.0 Å². The fourth-order valence-electron chi connectivity index (χ4n) is 3.42. The number of primary amides is 1. The lowest BCUT2D eigenvalue weighted by Gasteiger charge is -2.24. The van der Waals surface area contributed by atoms with E-state index in [4.69, 9.17) is 5.73 Å². The quantitative estimate of drug-likeness (QED) is 0.0640. The molecule has 14 nitrogen and oxygen atoms in total. The van der Waals surface area contributed by atoms with Gasteiger partial charge in [-0.05, 0) is 32.6 Å². The molecule has 7 amide bonds. The first-order valence-corrected chi connectivity index (χ1v) is 12.0. The number of hydrogen-bond donors (Lipinski definition) is 6. The van der Waals surface area contributed by atoms with Gasteiger partial charge in [0.15, 0.2) is 7.85 Å². The molecule has 0 bridgehead atoms. The molecule has 1 heterocycles. The maximum atomic E-state index is 12.8. The number of hydrogen-bond acceptors (Lipinski definition) is 8. The van der Waals surface area contributed by atoms with Crippen LogP contribution in [0.5, 0.6) is 0 Å². The highest BCUT2D eigenvalue weighted by molar-refractivity contribution is 6.58. The summed E-state index contributed by atoms with van der Waals surface area (Å²) in [6.07, 6.45) is 3.01. The normalized spacial score (nSPS) is 15.0. The molecule has 37 heavy (non-hydrogen) atoms. The van der Waals surface area contributed by atoms with E-state index in [1.165, 1.54) is 26.9 Å². The lowest BCUT2D eigenvalue weighted by atomic mass is 10.0. The number of amides is 7. The summed E-state index contributed by atoms with van der Waals surface area (Å²) in [5, 5.41) is 19.7. The third-order valence-electron chi connectivity index (χ3n) is 5.38. The number of urea groups is 1. The van der Waals surface area contributed by atoms with Gasteiger partial charge in [0, 0.05) is 31.7 Å². The monoisotopic (exact) mass is 522 g/mol. The molecule has 0 aliphatic carbocycles. The molecule has 1 aliphatic heterocycles. The van der Waals surface area contributed by atoms with Crippen LogP contribution in [0.15, 0.2) is 12.2 Å². The molecule has 0 radical (unpaired) electrons. The van der Waals surface area contributed by atoms with Crippen molar-refractivity contribution in [2.45, 2.75) is 63.6 Å². The average Bonchev–Trinajstić information content (AvgIpc) is 3.14. The van der Waals surface area contributed by atoms with Gasteiger partial charge < -0.3 is 36.9 Å². The van der Waals surface area contributed by atoms with Crippen LogP contribution in [-0.4, -0.2) is 96.9 Å². The van der Waals surface area contributed by atoms with Gasteiger partial charge in [-0.15, -0.1) is 0 Å². The molecule has 3 atom stereocenters. The second kappa shape index (κ2) is 16.1. The summed E-state index contributed by atoms with van der Waals surface area (Å²) in [7, 11) is 1.28. The number of carbonyl (C=O) groups is 7. The van der Waals surface area contributed by atoms with Crippen molar-refractivity contribution in [3.8, 4) is 0 Å². The Balaban J connectivity index is 2.58. The zero-order valence-electron chi connectivity index (χ0n) is 21.1. The maximum absolute atomic E-state index is 12.8. The van der Waals surface area contributed by atoms with Crippen molar-refractivity contribution in [1.29, 1.82) is 0 Å². The summed E-state index contributed by atoms with van der Waals surface area (Å²) in [6, 6.07) is -3.18. The highest BCUT2D eigenvalue weighted by Gasteiger charge is 2.29. The van der Waals surface area contributed by atoms with Crippen LogP contribution in [0.4, 0.5) is 4.79 Å². The van der Waals surface area contributed by atoms with Gasteiger partial charge in [0.05, 0.1) is 12.6 Å². The van der Waals surface area contributed by atoms with Gasteiger partial charge in [-0.1, -0.05) is 6.42 Å². The van der Waals surface area contributed by atoms with Crippen molar-refractivity contribution in [2.24, 2.45) is 5.73 Å². The Morgan fingerprint density at radius 3 is 2.19 bits per heavy atom. The van der Waals surface area contributed by atoms with Crippen LogP contribution in [0, 0.1) is 0 Å². The van der Waals surface area contributed by atoms with Crippen LogP contribution >= 0.6 is 0 Å². The van der Waals surface area contributed by atoms with E-state index in [1.807, 2.05) is 0 Å². The highest BCUT2D eigenvalue weighted by atomic mass is 16.3. The first-order chi connectivity index (χ1) is 17.4. The molecule has 0 fully saturated rings. The number of aliphatic hydroxyl groups excluding tert-OH is 1. The first kappa shape index (κ1) is 31.3. The maximum Gasteiger partial charge on any atom is 0.312 e. The molecule has 0 aromatic rings. The van der Waals surface area contributed by atoms with Gasteiger partial charge >= 0.3 is 6.03 Å². The Labute approximate surface area is 215 Å². The minimum Gasteiger partial charge on any atom is -0.391 e. The zero-order chi connectivity index (χ0) is 28.0. The molecular weight excluding hydrogens is 487 g/mol. The summed E-state index contributed by atoms with van der Waals surface area (Å²) in [4.78, 5) is 83.8. The van der Waals surface area contributed by atoms with Crippen molar-refractivity contribution in [1.82, 2.24) is 26.2 Å². The van der Waals surface area contributed by atoms with Crippen molar-refractivity contribution in [3.63, 3.8) is 0 Å². The van der Waals surface area contributed by atoms with Gasteiger partial charge in [0.1, 0.15) is 17.8 Å². The van der Waals surface area contributed by atoms with Gasteiger partial charge in [-0.3, -0.25) is 28.9 Å². The summed E-state index contributed by atoms with van der Waals surface area (Å²) in [5.74, 6) is -2.67. The Bertz CT molecular complexity index is 892. The average molecular weight is 522 g/mol. The number of nitrogens with one attached hydrogen (secondary N) is 4. The fourth-order valence-corrected chi connectivity index (χ4v) is 3.42. The summed E-state index contributed by atoms with van der Waals surface area (Å²) >= 11 is 0. The van der Waals surface area contributed by atoms with Crippen LogP contribution in [0.1, 0.15) is 45.4 Å². The second-order valence-corrected chi connectivity index (χ2v) is 8.67. The topological polar surface area (TPSA) is 217 Å². The number of unbranched alkanes of at least 4 members (excludes halogenated alkanes) is 2. The Hall–Kier alpha value is -3.75. The largest absolute Gasteiger partial charge is 0.391 e. The van der Waals surface area contributed by atoms with E-state index >= 15 is 0 Å². The van der Waals surface area contributed by atoms with E-state index in [2.05, 4.69) is 21.3 Å². The number of carbonyl (C=O) groups excluding carboxylic acids is 7. The van der Waals surface area contributed by atoms with Gasteiger partial charge in [0.25, 0.3) is 11.8 Å². The van der Waals surface area contributed by atoms with E-state index in [9.17, 15) is 38.7 Å². The summed E-state index contributed by atoms with van der Waals surface area (Å²) in [5.41, 5.74) is 4.71. The molecule has 15 heteroatoms. The van der Waals surface area contributed by atoms with Gasteiger partial charge in [-0.25, -0.2) is 4.79 Å². The van der Waals surface area contributed by atoms with E-state index in [-0.39, 0.29) is 56.4 Å². The third kappa shape index (κ3) is 12.2. The van der Waals surface area contributed by atoms with Crippen molar-refractivity contribution in [3.05, 3.63) is 12.2 Å². The molecular formula is C22H35BN6O8. The lowest BCUT2D eigenvalue weighted by Crippen LogP contribution is -2.57. The fraction of sp³-hybridized carbons (Fsp3) is 0.591.